The Morgan fingerprint density at radius 1 is 0.589 bits per heavy atom. The first-order valence-corrected chi connectivity index (χ1v) is 19.5. The molecule has 4 atom stereocenters. The van der Waals surface area contributed by atoms with Crippen LogP contribution in [-0.4, -0.2) is 50.6 Å². The summed E-state index contributed by atoms with van der Waals surface area (Å²) < 4.78 is 60.8. The van der Waals surface area contributed by atoms with Crippen LogP contribution >= 0.6 is 7.82 Å². The van der Waals surface area contributed by atoms with E-state index >= 15 is 0 Å². The third-order valence-corrected chi connectivity index (χ3v) is 9.70. The Kier molecular flexibility index (Phi) is 16.5. The second-order valence-corrected chi connectivity index (χ2v) is 14.1. The molecular formula is C43H46NO11P. The average Bonchev–Trinajstić information content (AvgIpc) is 3.24. The summed E-state index contributed by atoms with van der Waals surface area (Å²) >= 11 is 0. The van der Waals surface area contributed by atoms with Crippen molar-refractivity contribution in [1.82, 2.24) is 5.32 Å². The summed E-state index contributed by atoms with van der Waals surface area (Å²) in [6, 6.07) is 42.2. The van der Waals surface area contributed by atoms with Gasteiger partial charge in [-0.3, -0.25) is 13.6 Å². The number of hydrogen-bond donors (Lipinski definition) is 1. The highest BCUT2D eigenvalue weighted by atomic mass is 31.2. The summed E-state index contributed by atoms with van der Waals surface area (Å²) in [6.45, 7) is 1.07. The summed E-state index contributed by atoms with van der Waals surface area (Å²) in [5, 5.41) is 2.52. The highest BCUT2D eigenvalue weighted by Gasteiger charge is 2.38. The molecule has 12 nitrogen and oxygen atoms in total. The van der Waals surface area contributed by atoms with Gasteiger partial charge in [0.15, 0.2) is 6.04 Å². The number of nitrogens with one attached hydrogen (secondary N) is 1. The minimum absolute atomic E-state index is 0.0106. The lowest BCUT2D eigenvalue weighted by Gasteiger charge is -2.28. The van der Waals surface area contributed by atoms with E-state index in [-0.39, 0.29) is 39.6 Å². The number of esters is 1. The normalized spacial score (nSPS) is 13.7. The molecule has 0 saturated carbocycles. The molecule has 0 saturated heterocycles. The molecule has 0 fully saturated rings. The standard InChI is InChI=1S/C43H46NO11P/c1-33(41(42(45)51-28-35-17-9-4-10-18-35)44-43(46)52-29-36-19-11-5-12-20-36)55-56(47,53-30-37-21-13-6-14-22-37)54-32-40(49-27-34-15-7-3-8-16-34)31-50-39-25-23-38(48-2)24-26-39/h3-26,33,40-41H,27-32H2,1-2H3,(H,44,46)/t33-,40-,41+,56?/m1/s1. The fraction of sp³-hybridized carbons (Fsp3) is 0.256. The molecule has 1 N–H and O–H groups in total. The van der Waals surface area contributed by atoms with E-state index in [2.05, 4.69) is 5.32 Å². The van der Waals surface area contributed by atoms with Crippen molar-refractivity contribution in [1.29, 1.82) is 0 Å². The Morgan fingerprint density at radius 2 is 1.07 bits per heavy atom. The Bertz CT molecular complexity index is 1940. The van der Waals surface area contributed by atoms with Gasteiger partial charge in [0.1, 0.15) is 37.4 Å². The summed E-state index contributed by atoms with van der Waals surface area (Å²) in [5.74, 6) is 0.362. The maximum Gasteiger partial charge on any atom is 0.475 e. The molecule has 5 aromatic rings. The number of carbonyl (C=O) groups excluding carboxylic acids is 2. The highest BCUT2D eigenvalue weighted by Crippen LogP contribution is 2.52. The van der Waals surface area contributed by atoms with Crippen molar-refractivity contribution in [2.45, 2.75) is 51.6 Å². The SMILES string of the molecule is COc1ccc(OC[C@H](COP(=O)(OCc2ccccc2)O[C@H](C)[C@H](NC(=O)OCc2ccccc2)C(=O)OCc2ccccc2)OCc2ccccc2)cc1. The lowest BCUT2D eigenvalue weighted by Crippen LogP contribution is -2.49. The maximum absolute atomic E-state index is 14.6. The van der Waals surface area contributed by atoms with E-state index in [1.165, 1.54) is 6.92 Å². The van der Waals surface area contributed by atoms with E-state index in [9.17, 15) is 14.2 Å². The molecule has 0 bridgehead atoms. The van der Waals surface area contributed by atoms with Crippen molar-refractivity contribution < 1.29 is 51.4 Å². The van der Waals surface area contributed by atoms with Gasteiger partial charge < -0.3 is 29.0 Å². The van der Waals surface area contributed by atoms with E-state index < -0.39 is 38.1 Å². The first kappa shape index (κ1) is 41.7. The smallest absolute Gasteiger partial charge is 0.475 e. The molecule has 56 heavy (non-hydrogen) atoms. The Balaban J connectivity index is 1.33. The van der Waals surface area contributed by atoms with Crippen LogP contribution in [0, 0.1) is 0 Å². The van der Waals surface area contributed by atoms with E-state index in [0.717, 1.165) is 16.7 Å². The molecule has 0 heterocycles. The minimum Gasteiger partial charge on any atom is -0.497 e. The number of amides is 1. The van der Waals surface area contributed by atoms with Crippen molar-refractivity contribution in [2.75, 3.05) is 20.3 Å². The van der Waals surface area contributed by atoms with Gasteiger partial charge in [0, 0.05) is 0 Å². The number of benzene rings is 5. The van der Waals surface area contributed by atoms with Crippen molar-refractivity contribution in [3.63, 3.8) is 0 Å². The largest absolute Gasteiger partial charge is 0.497 e. The molecule has 1 unspecified atom stereocenters. The molecule has 294 valence electrons. The molecule has 13 heteroatoms. The first-order chi connectivity index (χ1) is 27.3. The molecule has 0 spiro atoms. The van der Waals surface area contributed by atoms with Crippen LogP contribution in [0.5, 0.6) is 11.5 Å². The van der Waals surface area contributed by atoms with Crippen molar-refractivity contribution in [3.05, 3.63) is 168 Å². The van der Waals surface area contributed by atoms with E-state index in [1.54, 1.807) is 67.8 Å². The average molecular weight is 784 g/mol. The molecule has 5 aromatic carbocycles. The van der Waals surface area contributed by atoms with Crippen LogP contribution < -0.4 is 14.8 Å². The van der Waals surface area contributed by atoms with Gasteiger partial charge in [-0.2, -0.15) is 0 Å². The molecule has 0 radical (unpaired) electrons. The Morgan fingerprint density at radius 3 is 1.61 bits per heavy atom. The molecule has 0 aliphatic carbocycles. The third kappa shape index (κ3) is 14.3. The van der Waals surface area contributed by atoms with Gasteiger partial charge in [-0.05, 0) is 53.4 Å². The predicted molar refractivity (Wildman–Crippen MR) is 209 cm³/mol. The van der Waals surface area contributed by atoms with Gasteiger partial charge in [0.2, 0.25) is 0 Å². The van der Waals surface area contributed by atoms with E-state index in [1.807, 2.05) is 84.9 Å². The Labute approximate surface area is 327 Å². The van der Waals surface area contributed by atoms with Crippen molar-refractivity contribution in [2.24, 2.45) is 0 Å². The second-order valence-electron chi connectivity index (χ2n) is 12.5. The monoisotopic (exact) mass is 783 g/mol. The third-order valence-electron chi connectivity index (χ3n) is 8.20. The Hall–Kier alpha value is -5.49. The van der Waals surface area contributed by atoms with Gasteiger partial charge in [0.05, 0.1) is 33.0 Å². The molecule has 0 aliphatic rings. The summed E-state index contributed by atoms with van der Waals surface area (Å²) in [4.78, 5) is 26.6. The number of hydrogen-bond acceptors (Lipinski definition) is 11. The lowest BCUT2D eigenvalue weighted by molar-refractivity contribution is -0.150. The topological polar surface area (TPSA) is 137 Å². The molecule has 5 rings (SSSR count). The van der Waals surface area contributed by atoms with Gasteiger partial charge in [-0.25, -0.2) is 14.2 Å². The minimum atomic E-state index is -4.53. The van der Waals surface area contributed by atoms with Gasteiger partial charge in [0.25, 0.3) is 0 Å². The number of alkyl carbamates (subject to hydrolysis) is 1. The van der Waals surface area contributed by atoms with Crippen LogP contribution in [0.2, 0.25) is 0 Å². The summed E-state index contributed by atoms with van der Waals surface area (Å²) in [6.07, 6.45) is -2.98. The van der Waals surface area contributed by atoms with Crippen LogP contribution in [0.1, 0.15) is 29.2 Å². The maximum atomic E-state index is 14.6. The highest BCUT2D eigenvalue weighted by molar-refractivity contribution is 7.48. The number of methoxy groups -OCH3 is 1. The van der Waals surface area contributed by atoms with Gasteiger partial charge >= 0.3 is 19.9 Å². The van der Waals surface area contributed by atoms with Crippen LogP contribution in [0.25, 0.3) is 0 Å². The number of ether oxygens (including phenoxy) is 5. The van der Waals surface area contributed by atoms with Crippen LogP contribution in [0.4, 0.5) is 4.79 Å². The number of carbonyl (C=O) groups is 2. The number of rotatable bonds is 22. The van der Waals surface area contributed by atoms with Gasteiger partial charge in [-0.1, -0.05) is 121 Å². The van der Waals surface area contributed by atoms with Crippen LogP contribution in [0.15, 0.2) is 146 Å². The lowest BCUT2D eigenvalue weighted by atomic mass is 10.2. The predicted octanol–water partition coefficient (Wildman–Crippen LogP) is 8.44. The first-order valence-electron chi connectivity index (χ1n) is 18.0. The number of phosphoric acid groups is 1. The number of phosphoric ester groups is 1. The van der Waals surface area contributed by atoms with Crippen LogP contribution in [0.3, 0.4) is 0 Å². The zero-order chi connectivity index (χ0) is 39.4. The second kappa shape index (κ2) is 22.2. The molecular weight excluding hydrogens is 737 g/mol. The fourth-order valence-electron chi connectivity index (χ4n) is 5.14. The fourth-order valence-corrected chi connectivity index (χ4v) is 6.52. The van der Waals surface area contributed by atoms with Crippen molar-refractivity contribution >= 4 is 19.9 Å². The quantitative estimate of drug-likeness (QED) is 0.0535. The molecule has 0 aromatic heterocycles. The molecule has 1 amide bonds. The molecule has 0 aliphatic heterocycles. The summed E-state index contributed by atoms with van der Waals surface area (Å²) in [5.41, 5.74) is 3.05. The summed E-state index contributed by atoms with van der Waals surface area (Å²) in [7, 11) is -2.95. The van der Waals surface area contributed by atoms with Crippen LogP contribution in [-0.2, 0) is 63.6 Å². The zero-order valence-electron chi connectivity index (χ0n) is 31.3. The van der Waals surface area contributed by atoms with Gasteiger partial charge in [-0.15, -0.1) is 0 Å². The van der Waals surface area contributed by atoms with Crippen molar-refractivity contribution in [3.8, 4) is 11.5 Å². The van der Waals surface area contributed by atoms with E-state index in [4.69, 9.17) is 37.3 Å². The van der Waals surface area contributed by atoms with E-state index in [0.29, 0.717) is 17.1 Å². The zero-order valence-corrected chi connectivity index (χ0v) is 32.2.